The Morgan fingerprint density at radius 3 is 2.40 bits per heavy atom. The smallest absolute Gasteiger partial charge is 0.0585 e. The van der Waals surface area contributed by atoms with Crippen LogP contribution in [0.25, 0.3) is 0 Å². The molecular formula is C18H29NO. The maximum Gasteiger partial charge on any atom is 0.0585 e. The lowest BCUT2D eigenvalue weighted by molar-refractivity contribution is 0.0511. The molecule has 20 heavy (non-hydrogen) atoms. The Morgan fingerprint density at radius 1 is 1.15 bits per heavy atom. The molecule has 3 atom stereocenters. The molecule has 1 fully saturated rings. The molecule has 1 saturated carbocycles. The highest BCUT2D eigenvalue weighted by Crippen LogP contribution is 2.32. The second-order valence-electron chi connectivity index (χ2n) is 6.64. The molecule has 3 unspecified atom stereocenters. The van der Waals surface area contributed by atoms with Crippen LogP contribution in [0.2, 0.25) is 0 Å². The highest BCUT2D eigenvalue weighted by atomic mass is 16.3. The largest absolute Gasteiger partial charge is 0.393 e. The van der Waals surface area contributed by atoms with E-state index < -0.39 is 0 Å². The van der Waals surface area contributed by atoms with Crippen LogP contribution in [0.3, 0.4) is 0 Å². The van der Waals surface area contributed by atoms with Crippen molar-refractivity contribution >= 4 is 5.69 Å². The number of benzene rings is 1. The van der Waals surface area contributed by atoms with Crippen molar-refractivity contribution in [3.63, 3.8) is 0 Å². The molecule has 0 spiro atoms. The zero-order valence-electron chi connectivity index (χ0n) is 13.4. The number of aliphatic hydroxyl groups excluding tert-OH is 1. The highest BCUT2D eigenvalue weighted by Gasteiger charge is 2.29. The monoisotopic (exact) mass is 275 g/mol. The first-order chi connectivity index (χ1) is 9.49. The minimum Gasteiger partial charge on any atom is -0.393 e. The van der Waals surface area contributed by atoms with Gasteiger partial charge in [0.2, 0.25) is 0 Å². The summed E-state index contributed by atoms with van der Waals surface area (Å²) in [6, 6.07) is 6.68. The standard InChI is InChI=1S/C18H29NO/c1-5-15-6-7-18(20)16(11-15)12-19(4)17-9-13(2)8-14(3)10-17/h8-10,15-16,18,20H,5-7,11-12H2,1-4H3. The predicted octanol–water partition coefficient (Wildman–Crippen LogP) is 3.93. The Hall–Kier alpha value is -1.02. The van der Waals surface area contributed by atoms with Gasteiger partial charge < -0.3 is 10.0 Å². The second-order valence-corrected chi connectivity index (χ2v) is 6.64. The predicted molar refractivity (Wildman–Crippen MR) is 86.3 cm³/mol. The lowest BCUT2D eigenvalue weighted by Crippen LogP contribution is -2.37. The molecule has 0 saturated heterocycles. The van der Waals surface area contributed by atoms with Crippen LogP contribution in [-0.4, -0.2) is 24.8 Å². The van der Waals surface area contributed by atoms with Crippen molar-refractivity contribution in [3.8, 4) is 0 Å². The summed E-state index contributed by atoms with van der Waals surface area (Å²) in [6.45, 7) is 7.52. The number of aliphatic hydroxyl groups is 1. The van der Waals surface area contributed by atoms with E-state index >= 15 is 0 Å². The highest BCUT2D eigenvalue weighted by molar-refractivity contribution is 5.50. The Kier molecular flexibility index (Phi) is 5.09. The van der Waals surface area contributed by atoms with Gasteiger partial charge in [0.05, 0.1) is 6.10 Å². The van der Waals surface area contributed by atoms with Gasteiger partial charge in [-0.15, -0.1) is 0 Å². The molecule has 1 aromatic rings. The summed E-state index contributed by atoms with van der Waals surface area (Å²) in [7, 11) is 2.15. The third-order valence-corrected chi connectivity index (χ3v) is 4.78. The van der Waals surface area contributed by atoms with Crippen LogP contribution in [0.1, 0.15) is 43.7 Å². The molecule has 0 heterocycles. The van der Waals surface area contributed by atoms with Crippen LogP contribution < -0.4 is 4.90 Å². The third-order valence-electron chi connectivity index (χ3n) is 4.78. The molecule has 112 valence electrons. The van der Waals surface area contributed by atoms with E-state index in [0.29, 0.717) is 5.92 Å². The summed E-state index contributed by atoms with van der Waals surface area (Å²) in [5, 5.41) is 10.3. The summed E-state index contributed by atoms with van der Waals surface area (Å²) in [5.74, 6) is 1.22. The lowest BCUT2D eigenvalue weighted by Gasteiger charge is -2.36. The average Bonchev–Trinajstić information content (AvgIpc) is 2.40. The summed E-state index contributed by atoms with van der Waals surface area (Å²) >= 11 is 0. The van der Waals surface area contributed by atoms with Crippen molar-refractivity contribution in [2.75, 3.05) is 18.5 Å². The fourth-order valence-electron chi connectivity index (χ4n) is 3.54. The van der Waals surface area contributed by atoms with Gasteiger partial charge in [0.1, 0.15) is 0 Å². The van der Waals surface area contributed by atoms with E-state index in [9.17, 15) is 5.11 Å². The molecule has 2 rings (SSSR count). The van der Waals surface area contributed by atoms with E-state index in [4.69, 9.17) is 0 Å². The number of aryl methyl sites for hydroxylation is 2. The number of rotatable bonds is 4. The molecule has 2 heteroatoms. The molecule has 0 radical (unpaired) electrons. The Morgan fingerprint density at radius 2 is 1.80 bits per heavy atom. The number of anilines is 1. The van der Waals surface area contributed by atoms with Gasteiger partial charge in [-0.3, -0.25) is 0 Å². The maximum atomic E-state index is 10.3. The van der Waals surface area contributed by atoms with Gasteiger partial charge >= 0.3 is 0 Å². The van der Waals surface area contributed by atoms with Crippen molar-refractivity contribution in [3.05, 3.63) is 29.3 Å². The first kappa shape index (κ1) is 15.4. The van der Waals surface area contributed by atoms with Crippen molar-refractivity contribution in [2.45, 2.75) is 52.6 Å². The first-order valence-corrected chi connectivity index (χ1v) is 7.97. The molecule has 0 bridgehead atoms. The molecule has 0 amide bonds. The van der Waals surface area contributed by atoms with Gasteiger partial charge in [-0.2, -0.15) is 0 Å². The Bertz CT molecular complexity index is 423. The fourth-order valence-corrected chi connectivity index (χ4v) is 3.54. The van der Waals surface area contributed by atoms with Crippen LogP contribution in [0.5, 0.6) is 0 Å². The minimum absolute atomic E-state index is 0.119. The normalized spacial score (nSPS) is 26.6. The van der Waals surface area contributed by atoms with Crippen LogP contribution in [-0.2, 0) is 0 Å². The Balaban J connectivity index is 2.04. The van der Waals surface area contributed by atoms with Gasteiger partial charge in [-0.25, -0.2) is 0 Å². The van der Waals surface area contributed by atoms with Gasteiger partial charge in [0, 0.05) is 25.2 Å². The second kappa shape index (κ2) is 6.62. The van der Waals surface area contributed by atoms with E-state index in [1.165, 1.54) is 36.1 Å². The van der Waals surface area contributed by atoms with E-state index in [-0.39, 0.29) is 6.10 Å². The quantitative estimate of drug-likeness (QED) is 0.900. The fraction of sp³-hybridized carbons (Fsp3) is 0.667. The molecule has 1 N–H and O–H groups in total. The Labute approximate surface area is 123 Å². The molecule has 0 aromatic heterocycles. The van der Waals surface area contributed by atoms with Crippen molar-refractivity contribution in [1.82, 2.24) is 0 Å². The molecular weight excluding hydrogens is 246 g/mol. The van der Waals surface area contributed by atoms with Crippen LogP contribution >= 0.6 is 0 Å². The van der Waals surface area contributed by atoms with Crippen molar-refractivity contribution < 1.29 is 5.11 Å². The SMILES string of the molecule is CCC1CCC(O)C(CN(C)c2cc(C)cc(C)c2)C1. The lowest BCUT2D eigenvalue weighted by atomic mass is 9.78. The maximum absolute atomic E-state index is 10.3. The van der Waals surface area contributed by atoms with E-state index in [1.807, 2.05) is 0 Å². The minimum atomic E-state index is -0.119. The van der Waals surface area contributed by atoms with Crippen LogP contribution in [0.4, 0.5) is 5.69 Å². The average molecular weight is 275 g/mol. The zero-order valence-corrected chi connectivity index (χ0v) is 13.4. The van der Waals surface area contributed by atoms with E-state index in [2.05, 4.69) is 50.9 Å². The summed E-state index contributed by atoms with van der Waals surface area (Å²) in [5.41, 5.74) is 3.89. The first-order valence-electron chi connectivity index (χ1n) is 7.97. The number of hydrogen-bond donors (Lipinski definition) is 1. The molecule has 1 aliphatic rings. The molecule has 1 aliphatic carbocycles. The van der Waals surface area contributed by atoms with Gasteiger partial charge in [-0.05, 0) is 62.3 Å². The molecule has 0 aliphatic heterocycles. The zero-order chi connectivity index (χ0) is 14.7. The van der Waals surface area contributed by atoms with Crippen molar-refractivity contribution in [1.29, 1.82) is 0 Å². The molecule has 1 aromatic carbocycles. The van der Waals surface area contributed by atoms with Gasteiger partial charge in [-0.1, -0.05) is 19.4 Å². The van der Waals surface area contributed by atoms with Gasteiger partial charge in [0.15, 0.2) is 0 Å². The topological polar surface area (TPSA) is 23.5 Å². The van der Waals surface area contributed by atoms with Gasteiger partial charge in [0.25, 0.3) is 0 Å². The molecule has 2 nitrogen and oxygen atoms in total. The van der Waals surface area contributed by atoms with Crippen LogP contribution in [0.15, 0.2) is 18.2 Å². The van der Waals surface area contributed by atoms with Crippen LogP contribution in [0, 0.1) is 25.7 Å². The van der Waals surface area contributed by atoms with E-state index in [1.54, 1.807) is 0 Å². The summed E-state index contributed by atoms with van der Waals surface area (Å²) in [6.07, 6.45) is 4.47. The number of nitrogens with zero attached hydrogens (tertiary/aromatic N) is 1. The summed E-state index contributed by atoms with van der Waals surface area (Å²) in [4.78, 5) is 2.31. The number of hydrogen-bond acceptors (Lipinski definition) is 2. The summed E-state index contributed by atoms with van der Waals surface area (Å²) < 4.78 is 0. The van der Waals surface area contributed by atoms with Crippen molar-refractivity contribution in [2.24, 2.45) is 11.8 Å². The third kappa shape index (κ3) is 3.76. The van der Waals surface area contributed by atoms with E-state index in [0.717, 1.165) is 18.9 Å².